The van der Waals surface area contributed by atoms with E-state index in [0.717, 1.165) is 18.9 Å². The highest BCUT2D eigenvalue weighted by Crippen LogP contribution is 2.32. The lowest BCUT2D eigenvalue weighted by atomic mass is 10.1. The number of nitrogens with zero attached hydrogens (tertiary/aromatic N) is 1. The number of halogens is 1. The van der Waals surface area contributed by atoms with E-state index in [1.807, 2.05) is 11.9 Å². The van der Waals surface area contributed by atoms with Crippen LogP contribution in [0.4, 0.5) is 10.1 Å². The highest BCUT2D eigenvalue weighted by atomic mass is 19.1. The molecule has 0 bridgehead atoms. The Balaban J connectivity index is 2.40. The van der Waals surface area contributed by atoms with E-state index in [0.29, 0.717) is 11.7 Å². The molecule has 0 aliphatic heterocycles. The van der Waals surface area contributed by atoms with E-state index in [1.54, 1.807) is 0 Å². The summed E-state index contributed by atoms with van der Waals surface area (Å²) in [6, 6.07) is 4.29. The molecule has 1 saturated carbocycles. The third kappa shape index (κ3) is 1.93. The molecule has 15 heavy (non-hydrogen) atoms. The minimum absolute atomic E-state index is 0.0319. The SMILES string of the molecule is CN(c1ccc(F)cc1C(=O)O)C1CC1. The van der Waals surface area contributed by atoms with E-state index in [9.17, 15) is 9.18 Å². The third-order valence-corrected chi connectivity index (χ3v) is 2.66. The standard InChI is InChI=1S/C11H12FNO2/c1-13(8-3-4-8)10-5-2-7(12)6-9(10)11(14)15/h2,5-6,8H,3-4H2,1H3,(H,14,15). The number of aromatic carboxylic acids is 1. The zero-order valence-corrected chi connectivity index (χ0v) is 8.40. The summed E-state index contributed by atoms with van der Waals surface area (Å²) >= 11 is 0. The molecule has 2 rings (SSSR count). The van der Waals surface area contributed by atoms with Crippen molar-refractivity contribution >= 4 is 11.7 Å². The zero-order chi connectivity index (χ0) is 11.0. The summed E-state index contributed by atoms with van der Waals surface area (Å²) < 4.78 is 12.9. The molecule has 1 aromatic rings. The molecule has 1 aliphatic carbocycles. The maximum absolute atomic E-state index is 12.9. The van der Waals surface area contributed by atoms with Gasteiger partial charge in [0.05, 0.1) is 11.3 Å². The summed E-state index contributed by atoms with van der Waals surface area (Å²) in [6.07, 6.45) is 2.15. The molecule has 0 spiro atoms. The lowest BCUT2D eigenvalue weighted by molar-refractivity contribution is 0.0697. The van der Waals surface area contributed by atoms with E-state index >= 15 is 0 Å². The van der Waals surface area contributed by atoms with Crippen molar-refractivity contribution < 1.29 is 14.3 Å². The molecule has 0 heterocycles. The fourth-order valence-corrected chi connectivity index (χ4v) is 1.65. The Morgan fingerprint density at radius 2 is 2.20 bits per heavy atom. The van der Waals surface area contributed by atoms with Crippen LogP contribution in [0.25, 0.3) is 0 Å². The third-order valence-electron chi connectivity index (χ3n) is 2.66. The van der Waals surface area contributed by atoms with Crippen LogP contribution in [0.15, 0.2) is 18.2 Å². The van der Waals surface area contributed by atoms with Crippen molar-refractivity contribution in [3.05, 3.63) is 29.6 Å². The first-order chi connectivity index (χ1) is 7.09. The van der Waals surface area contributed by atoms with Gasteiger partial charge in [0, 0.05) is 13.1 Å². The summed E-state index contributed by atoms with van der Waals surface area (Å²) in [7, 11) is 1.84. The Morgan fingerprint density at radius 1 is 1.53 bits per heavy atom. The van der Waals surface area contributed by atoms with Gasteiger partial charge in [0.2, 0.25) is 0 Å². The lowest BCUT2D eigenvalue weighted by Crippen LogP contribution is -2.22. The number of hydrogen-bond donors (Lipinski definition) is 1. The fourth-order valence-electron chi connectivity index (χ4n) is 1.65. The Hall–Kier alpha value is -1.58. The average molecular weight is 209 g/mol. The van der Waals surface area contributed by atoms with Crippen molar-refractivity contribution in [2.24, 2.45) is 0 Å². The summed E-state index contributed by atoms with van der Waals surface area (Å²) in [5.74, 6) is -1.60. The maximum Gasteiger partial charge on any atom is 0.337 e. The molecule has 1 N–H and O–H groups in total. The number of carboxylic acid groups (broad SMARTS) is 1. The number of benzene rings is 1. The maximum atomic E-state index is 12.9. The lowest BCUT2D eigenvalue weighted by Gasteiger charge is -2.20. The second-order valence-corrected chi connectivity index (χ2v) is 3.81. The van der Waals surface area contributed by atoms with Gasteiger partial charge in [-0.25, -0.2) is 9.18 Å². The van der Waals surface area contributed by atoms with Gasteiger partial charge in [-0.05, 0) is 31.0 Å². The topological polar surface area (TPSA) is 40.5 Å². The van der Waals surface area contributed by atoms with Gasteiger partial charge in [0.1, 0.15) is 5.82 Å². The van der Waals surface area contributed by atoms with Crippen molar-refractivity contribution in [1.82, 2.24) is 0 Å². The Kier molecular flexibility index (Phi) is 2.34. The van der Waals surface area contributed by atoms with Crippen LogP contribution in [-0.2, 0) is 0 Å². The molecule has 0 radical (unpaired) electrons. The summed E-state index contributed by atoms with van der Waals surface area (Å²) in [6.45, 7) is 0. The predicted molar refractivity (Wildman–Crippen MR) is 54.8 cm³/mol. The molecule has 0 aromatic heterocycles. The van der Waals surface area contributed by atoms with Crippen molar-refractivity contribution in [1.29, 1.82) is 0 Å². The molecule has 0 amide bonds. The Labute approximate surface area is 87.1 Å². The van der Waals surface area contributed by atoms with Crippen LogP contribution < -0.4 is 4.90 Å². The molecule has 1 aromatic carbocycles. The van der Waals surface area contributed by atoms with Gasteiger partial charge in [0.25, 0.3) is 0 Å². The molecule has 0 unspecified atom stereocenters. The Morgan fingerprint density at radius 3 is 2.73 bits per heavy atom. The summed E-state index contributed by atoms with van der Waals surface area (Å²) in [4.78, 5) is 12.8. The van der Waals surface area contributed by atoms with Gasteiger partial charge >= 0.3 is 5.97 Å². The number of carbonyl (C=O) groups is 1. The molecular weight excluding hydrogens is 197 g/mol. The van der Waals surface area contributed by atoms with E-state index in [4.69, 9.17) is 5.11 Å². The number of rotatable bonds is 3. The first-order valence-electron chi connectivity index (χ1n) is 4.85. The van der Waals surface area contributed by atoms with Crippen LogP contribution in [0.5, 0.6) is 0 Å². The van der Waals surface area contributed by atoms with Gasteiger partial charge in [-0.1, -0.05) is 0 Å². The van der Waals surface area contributed by atoms with Crippen LogP contribution in [0.1, 0.15) is 23.2 Å². The highest BCUT2D eigenvalue weighted by molar-refractivity contribution is 5.94. The van der Waals surface area contributed by atoms with Crippen LogP contribution in [0.2, 0.25) is 0 Å². The molecule has 0 saturated heterocycles. The molecule has 3 nitrogen and oxygen atoms in total. The quantitative estimate of drug-likeness (QED) is 0.828. The van der Waals surface area contributed by atoms with Gasteiger partial charge < -0.3 is 10.0 Å². The number of carboxylic acids is 1. The van der Waals surface area contributed by atoms with Crippen molar-refractivity contribution in [3.8, 4) is 0 Å². The van der Waals surface area contributed by atoms with E-state index in [2.05, 4.69) is 0 Å². The average Bonchev–Trinajstić information content (AvgIpc) is 2.99. The second-order valence-electron chi connectivity index (χ2n) is 3.81. The van der Waals surface area contributed by atoms with Gasteiger partial charge in [-0.15, -0.1) is 0 Å². The normalized spacial score (nSPS) is 15.1. The smallest absolute Gasteiger partial charge is 0.337 e. The first kappa shape index (κ1) is 9.96. The van der Waals surface area contributed by atoms with Crippen molar-refractivity contribution in [2.45, 2.75) is 18.9 Å². The Bertz CT molecular complexity index is 402. The van der Waals surface area contributed by atoms with E-state index in [1.165, 1.54) is 12.1 Å². The van der Waals surface area contributed by atoms with Gasteiger partial charge in [-0.3, -0.25) is 0 Å². The van der Waals surface area contributed by atoms with Crippen LogP contribution >= 0.6 is 0 Å². The van der Waals surface area contributed by atoms with Crippen molar-refractivity contribution in [3.63, 3.8) is 0 Å². The number of anilines is 1. The fraction of sp³-hybridized carbons (Fsp3) is 0.364. The molecule has 0 atom stereocenters. The summed E-state index contributed by atoms with van der Waals surface area (Å²) in [5, 5.41) is 8.95. The zero-order valence-electron chi connectivity index (χ0n) is 8.40. The minimum atomic E-state index is -1.09. The first-order valence-corrected chi connectivity index (χ1v) is 4.85. The van der Waals surface area contributed by atoms with Crippen LogP contribution in [-0.4, -0.2) is 24.2 Å². The second kappa shape index (κ2) is 3.53. The van der Waals surface area contributed by atoms with Crippen molar-refractivity contribution in [2.75, 3.05) is 11.9 Å². The van der Waals surface area contributed by atoms with Gasteiger partial charge in [0.15, 0.2) is 0 Å². The monoisotopic (exact) mass is 209 g/mol. The van der Waals surface area contributed by atoms with Gasteiger partial charge in [-0.2, -0.15) is 0 Å². The molecule has 1 fully saturated rings. The van der Waals surface area contributed by atoms with E-state index < -0.39 is 11.8 Å². The largest absolute Gasteiger partial charge is 0.478 e. The van der Waals surface area contributed by atoms with Crippen LogP contribution in [0.3, 0.4) is 0 Å². The van der Waals surface area contributed by atoms with Crippen LogP contribution in [0, 0.1) is 5.82 Å². The molecular formula is C11H12FNO2. The predicted octanol–water partition coefficient (Wildman–Crippen LogP) is 2.12. The summed E-state index contributed by atoms with van der Waals surface area (Å²) in [5.41, 5.74) is 0.621. The highest BCUT2D eigenvalue weighted by Gasteiger charge is 2.28. The molecule has 4 heteroatoms. The molecule has 1 aliphatic rings. The molecule has 80 valence electrons. The van der Waals surface area contributed by atoms with E-state index in [-0.39, 0.29) is 5.56 Å². The minimum Gasteiger partial charge on any atom is -0.478 e. The number of hydrogen-bond acceptors (Lipinski definition) is 2.